The minimum absolute atomic E-state index is 0.0955. The van der Waals surface area contributed by atoms with Crippen LogP contribution in [0.2, 0.25) is 0 Å². The number of nitrogens with zero attached hydrogens (tertiary/aromatic N) is 1. The van der Waals surface area contributed by atoms with E-state index in [-0.39, 0.29) is 12.3 Å². The molecule has 0 saturated carbocycles. The van der Waals surface area contributed by atoms with Crippen LogP contribution < -0.4 is 9.47 Å². The van der Waals surface area contributed by atoms with Crippen molar-refractivity contribution in [2.45, 2.75) is 30.8 Å². The zero-order valence-electron chi connectivity index (χ0n) is 20.0. The Labute approximate surface area is 216 Å². The summed E-state index contributed by atoms with van der Waals surface area (Å²) >= 11 is 1.78. The fourth-order valence-electron chi connectivity index (χ4n) is 4.93. The number of benzene rings is 2. The number of esters is 2. The minimum atomic E-state index is -2.28. The number of likely N-dealkylation sites (tertiary alicyclic amines) is 1. The van der Waals surface area contributed by atoms with Gasteiger partial charge in [0, 0.05) is 16.1 Å². The third kappa shape index (κ3) is 4.41. The Bertz CT molecular complexity index is 1450. The number of carbonyl (C=O) groups is 2. The highest BCUT2D eigenvalue weighted by Crippen LogP contribution is 2.39. The molecule has 1 N–H and O–H groups in total. The summed E-state index contributed by atoms with van der Waals surface area (Å²) in [6.07, 6.45) is 1.86. The Kier molecular flexibility index (Phi) is 6.02. The summed E-state index contributed by atoms with van der Waals surface area (Å²) in [5, 5.41) is 12.9. The van der Waals surface area contributed by atoms with Gasteiger partial charge in [0.25, 0.3) is 0 Å². The molecule has 2 aromatic heterocycles. The van der Waals surface area contributed by atoms with Crippen LogP contribution in [-0.4, -0.2) is 60.8 Å². The van der Waals surface area contributed by atoms with Crippen LogP contribution >= 0.6 is 11.3 Å². The van der Waals surface area contributed by atoms with Gasteiger partial charge in [0.05, 0.1) is 18.8 Å². The van der Waals surface area contributed by atoms with Crippen molar-refractivity contribution in [3.63, 3.8) is 0 Å². The van der Waals surface area contributed by atoms with Gasteiger partial charge in [-0.3, -0.25) is 0 Å². The molecule has 2 aliphatic heterocycles. The highest BCUT2D eigenvalue weighted by Gasteiger charge is 2.58. The Morgan fingerprint density at radius 2 is 1.89 bits per heavy atom. The van der Waals surface area contributed by atoms with Crippen LogP contribution in [-0.2, 0) is 19.1 Å². The van der Waals surface area contributed by atoms with Crippen LogP contribution in [0.25, 0.3) is 21.1 Å². The number of furan rings is 1. The van der Waals surface area contributed by atoms with E-state index in [1.54, 1.807) is 42.7 Å². The summed E-state index contributed by atoms with van der Waals surface area (Å²) in [6.45, 7) is 1.53. The van der Waals surface area contributed by atoms with Gasteiger partial charge in [0.15, 0.2) is 6.10 Å². The molecule has 6 rings (SSSR count). The van der Waals surface area contributed by atoms with Crippen molar-refractivity contribution in [3.05, 3.63) is 59.7 Å². The second-order valence-electron chi connectivity index (χ2n) is 9.22. The standard InChI is InChI=1S/C27H25NO8S/c1-32-18-6-5-17-13-22(37-23(17)14-18)16-7-10-28(11-8-16)15-24(29)27(35-25(30)26(31)36-27)34-21-4-2-3-20-19(21)9-12-33-20/h2-6,9,12-14,16,24,29H,7-8,10-11,15H2,1H3/t24-/m0/s1. The highest BCUT2D eigenvalue weighted by atomic mass is 32.1. The van der Waals surface area contributed by atoms with Crippen molar-refractivity contribution < 1.29 is 38.1 Å². The van der Waals surface area contributed by atoms with Crippen LogP contribution in [0, 0.1) is 0 Å². The van der Waals surface area contributed by atoms with Crippen LogP contribution in [0.3, 0.4) is 0 Å². The molecule has 0 unspecified atom stereocenters. The van der Waals surface area contributed by atoms with Crippen LogP contribution in [0.1, 0.15) is 23.6 Å². The van der Waals surface area contributed by atoms with E-state index in [1.807, 2.05) is 6.07 Å². The molecule has 2 aromatic carbocycles. The molecule has 0 bridgehead atoms. The van der Waals surface area contributed by atoms with Crippen molar-refractivity contribution in [3.8, 4) is 11.5 Å². The number of thiophene rings is 1. The van der Waals surface area contributed by atoms with E-state index in [4.69, 9.17) is 23.4 Å². The summed E-state index contributed by atoms with van der Waals surface area (Å²) in [6, 6.07) is 15.1. The molecule has 4 aromatic rings. The normalized spacial score (nSPS) is 19.2. The molecule has 192 valence electrons. The average molecular weight is 524 g/mol. The summed E-state index contributed by atoms with van der Waals surface area (Å²) in [7, 11) is 1.67. The van der Waals surface area contributed by atoms with Gasteiger partial charge in [-0.05, 0) is 79.7 Å². The summed E-state index contributed by atoms with van der Waals surface area (Å²) < 4.78 is 28.2. The van der Waals surface area contributed by atoms with E-state index in [0.29, 0.717) is 30.0 Å². The van der Waals surface area contributed by atoms with E-state index < -0.39 is 24.0 Å². The number of aliphatic hydroxyl groups is 1. The molecule has 37 heavy (non-hydrogen) atoms. The molecule has 0 spiro atoms. The Morgan fingerprint density at radius 3 is 2.65 bits per heavy atom. The maximum absolute atomic E-state index is 12.0. The van der Waals surface area contributed by atoms with Crippen molar-refractivity contribution in [2.24, 2.45) is 0 Å². The predicted molar refractivity (Wildman–Crippen MR) is 135 cm³/mol. The molecular formula is C27H25NO8S. The molecular weight excluding hydrogens is 498 g/mol. The van der Waals surface area contributed by atoms with Gasteiger partial charge in [-0.25, -0.2) is 9.59 Å². The molecule has 10 heteroatoms. The maximum atomic E-state index is 12.0. The number of aliphatic hydroxyl groups excluding tert-OH is 1. The fourth-order valence-corrected chi connectivity index (χ4v) is 6.20. The minimum Gasteiger partial charge on any atom is -0.497 e. The maximum Gasteiger partial charge on any atom is 0.451 e. The zero-order chi connectivity index (χ0) is 25.6. The molecule has 2 aliphatic rings. The molecule has 0 aliphatic carbocycles. The first-order valence-electron chi connectivity index (χ1n) is 12.0. The number of fused-ring (bicyclic) bond motifs is 2. The van der Waals surface area contributed by atoms with Gasteiger partial charge in [-0.2, -0.15) is 0 Å². The Morgan fingerprint density at radius 1 is 1.11 bits per heavy atom. The Hall–Kier alpha value is -3.60. The predicted octanol–water partition coefficient (Wildman–Crippen LogP) is 4.03. The lowest BCUT2D eigenvalue weighted by Gasteiger charge is -2.36. The number of cyclic esters (lactones) is 2. The first-order chi connectivity index (χ1) is 17.9. The molecule has 4 heterocycles. The van der Waals surface area contributed by atoms with Gasteiger partial charge in [0.2, 0.25) is 0 Å². The van der Waals surface area contributed by atoms with E-state index in [2.05, 4.69) is 23.1 Å². The summed E-state index contributed by atoms with van der Waals surface area (Å²) in [4.78, 5) is 27.3. The van der Waals surface area contributed by atoms with Gasteiger partial charge in [0.1, 0.15) is 17.1 Å². The van der Waals surface area contributed by atoms with Crippen molar-refractivity contribution in [1.29, 1.82) is 0 Å². The quantitative estimate of drug-likeness (QED) is 0.284. The monoisotopic (exact) mass is 523 g/mol. The number of methoxy groups -OCH3 is 1. The van der Waals surface area contributed by atoms with Crippen LogP contribution in [0.4, 0.5) is 0 Å². The lowest BCUT2D eigenvalue weighted by Crippen LogP contribution is -2.54. The van der Waals surface area contributed by atoms with Crippen LogP contribution in [0.5, 0.6) is 11.5 Å². The summed E-state index contributed by atoms with van der Waals surface area (Å²) in [5.74, 6) is -3.19. The fraction of sp³-hybridized carbons (Fsp3) is 0.333. The second kappa shape index (κ2) is 9.37. The van der Waals surface area contributed by atoms with Crippen molar-refractivity contribution >= 4 is 44.3 Å². The van der Waals surface area contributed by atoms with Gasteiger partial charge in [-0.1, -0.05) is 6.07 Å². The number of piperidine rings is 1. The molecule has 2 saturated heterocycles. The third-order valence-electron chi connectivity index (χ3n) is 6.92. The van der Waals surface area contributed by atoms with E-state index >= 15 is 0 Å². The molecule has 9 nitrogen and oxygen atoms in total. The Balaban J connectivity index is 1.15. The van der Waals surface area contributed by atoms with Gasteiger partial charge < -0.3 is 33.4 Å². The van der Waals surface area contributed by atoms with E-state index in [9.17, 15) is 14.7 Å². The number of carbonyl (C=O) groups excluding carboxylic acids is 2. The smallest absolute Gasteiger partial charge is 0.451 e. The lowest BCUT2D eigenvalue weighted by atomic mass is 9.94. The van der Waals surface area contributed by atoms with Gasteiger partial charge in [-0.15, -0.1) is 11.3 Å². The SMILES string of the molecule is COc1ccc2cc(C3CCN(C[C@H](O)C4(Oc5cccc6occc56)OC(=O)C(=O)O4)CC3)sc2c1. The number of hydrogen-bond acceptors (Lipinski definition) is 10. The number of β-amino-alcohol motifs (C(OH)–C–C–N with tert-alkyl or cyclic N) is 1. The molecule has 2 fully saturated rings. The number of rotatable bonds is 7. The summed E-state index contributed by atoms with van der Waals surface area (Å²) in [5.41, 5.74) is 0.541. The number of ether oxygens (including phenoxy) is 4. The van der Waals surface area contributed by atoms with Crippen LogP contribution in [0.15, 0.2) is 59.2 Å². The molecule has 1 atom stereocenters. The average Bonchev–Trinajstić information content (AvgIpc) is 3.62. The van der Waals surface area contributed by atoms with E-state index in [0.717, 1.165) is 18.6 Å². The first kappa shape index (κ1) is 23.8. The molecule has 0 radical (unpaired) electrons. The van der Waals surface area contributed by atoms with Crippen molar-refractivity contribution in [1.82, 2.24) is 4.90 Å². The lowest BCUT2D eigenvalue weighted by molar-refractivity contribution is -0.318. The molecule has 0 amide bonds. The third-order valence-corrected chi connectivity index (χ3v) is 8.18. The zero-order valence-corrected chi connectivity index (χ0v) is 20.9. The first-order valence-corrected chi connectivity index (χ1v) is 12.9. The van der Waals surface area contributed by atoms with E-state index in [1.165, 1.54) is 21.2 Å². The largest absolute Gasteiger partial charge is 0.497 e. The highest BCUT2D eigenvalue weighted by molar-refractivity contribution is 7.19. The number of hydrogen-bond donors (Lipinski definition) is 1. The van der Waals surface area contributed by atoms with Crippen molar-refractivity contribution in [2.75, 3.05) is 26.7 Å². The second-order valence-corrected chi connectivity index (χ2v) is 10.3. The van der Waals surface area contributed by atoms with Gasteiger partial charge >= 0.3 is 17.9 Å². The topological polar surface area (TPSA) is 108 Å².